The molecule has 28 heavy (non-hydrogen) atoms. The Morgan fingerprint density at radius 1 is 0.929 bits per heavy atom. The maximum atomic E-state index is 13.0. The van der Waals surface area contributed by atoms with E-state index in [0.717, 1.165) is 31.6 Å². The number of anilines is 2. The minimum atomic E-state index is -3.83. The standard InChI is InChI=1S/C20H25ClN2O4S/c1-26-19-10-8-16(14-20(19)27-2)28(24,25)22-17-13-15(21)7-9-18(17)23-11-5-3-4-6-12-23/h7-10,13-14,22H,3-6,11-12H2,1-2H3. The molecule has 0 atom stereocenters. The van der Waals surface area contributed by atoms with Crippen LogP contribution in [-0.4, -0.2) is 35.7 Å². The Balaban J connectivity index is 1.94. The zero-order valence-electron chi connectivity index (χ0n) is 16.1. The molecule has 2 aromatic carbocycles. The van der Waals surface area contributed by atoms with E-state index in [-0.39, 0.29) is 4.90 Å². The molecule has 1 aliphatic heterocycles. The lowest BCUT2D eigenvalue weighted by Crippen LogP contribution is -2.25. The van der Waals surface area contributed by atoms with E-state index in [1.54, 1.807) is 18.2 Å². The van der Waals surface area contributed by atoms with E-state index in [0.29, 0.717) is 22.2 Å². The van der Waals surface area contributed by atoms with E-state index < -0.39 is 10.0 Å². The van der Waals surface area contributed by atoms with Crippen molar-refractivity contribution >= 4 is 33.0 Å². The summed E-state index contributed by atoms with van der Waals surface area (Å²) in [6.07, 6.45) is 4.56. The van der Waals surface area contributed by atoms with Crippen LogP contribution in [0.15, 0.2) is 41.3 Å². The molecule has 8 heteroatoms. The molecule has 0 aromatic heterocycles. The Morgan fingerprint density at radius 3 is 2.25 bits per heavy atom. The number of ether oxygens (including phenoxy) is 2. The summed E-state index contributed by atoms with van der Waals surface area (Å²) in [5.74, 6) is 0.818. The normalized spacial score (nSPS) is 15.0. The zero-order valence-corrected chi connectivity index (χ0v) is 17.6. The molecule has 0 spiro atoms. The van der Waals surface area contributed by atoms with E-state index in [9.17, 15) is 8.42 Å². The molecule has 1 fully saturated rings. The number of sulfonamides is 1. The van der Waals surface area contributed by atoms with Crippen molar-refractivity contribution in [2.75, 3.05) is 36.9 Å². The predicted molar refractivity (Wildman–Crippen MR) is 112 cm³/mol. The van der Waals surface area contributed by atoms with Crippen LogP contribution in [0.2, 0.25) is 5.02 Å². The number of methoxy groups -OCH3 is 2. The summed E-state index contributed by atoms with van der Waals surface area (Å²) in [6, 6.07) is 9.81. The fraction of sp³-hybridized carbons (Fsp3) is 0.400. The molecular weight excluding hydrogens is 400 g/mol. The molecule has 1 aliphatic rings. The van der Waals surface area contributed by atoms with Crippen LogP contribution >= 0.6 is 11.6 Å². The molecule has 0 saturated carbocycles. The van der Waals surface area contributed by atoms with Crippen LogP contribution in [0.5, 0.6) is 11.5 Å². The number of halogens is 1. The molecule has 0 unspecified atom stereocenters. The summed E-state index contributed by atoms with van der Waals surface area (Å²) in [5.41, 5.74) is 1.32. The first-order valence-corrected chi connectivity index (χ1v) is 11.1. The summed E-state index contributed by atoms with van der Waals surface area (Å²) >= 11 is 6.16. The van der Waals surface area contributed by atoms with Gasteiger partial charge in [-0.1, -0.05) is 24.4 Å². The molecule has 152 valence electrons. The van der Waals surface area contributed by atoms with Gasteiger partial charge >= 0.3 is 0 Å². The largest absolute Gasteiger partial charge is 0.493 e. The van der Waals surface area contributed by atoms with Crippen LogP contribution in [0.1, 0.15) is 25.7 Å². The van der Waals surface area contributed by atoms with Gasteiger partial charge in [0.05, 0.1) is 30.5 Å². The highest BCUT2D eigenvalue weighted by molar-refractivity contribution is 7.92. The summed E-state index contributed by atoms with van der Waals surface area (Å²) in [6.45, 7) is 1.79. The third-order valence-electron chi connectivity index (χ3n) is 4.81. The first-order valence-electron chi connectivity index (χ1n) is 9.24. The maximum Gasteiger partial charge on any atom is 0.262 e. The topological polar surface area (TPSA) is 67.9 Å². The summed E-state index contributed by atoms with van der Waals surface area (Å²) in [5, 5.41) is 0.476. The van der Waals surface area contributed by atoms with Gasteiger partial charge in [0.15, 0.2) is 11.5 Å². The van der Waals surface area contributed by atoms with Crippen LogP contribution in [0.4, 0.5) is 11.4 Å². The lowest BCUT2D eigenvalue weighted by atomic mass is 10.2. The van der Waals surface area contributed by atoms with E-state index in [4.69, 9.17) is 21.1 Å². The Kier molecular flexibility index (Phi) is 6.57. The highest BCUT2D eigenvalue weighted by atomic mass is 35.5. The molecule has 0 aliphatic carbocycles. The van der Waals surface area contributed by atoms with Gasteiger partial charge in [-0.25, -0.2) is 8.42 Å². The van der Waals surface area contributed by atoms with Gasteiger partial charge in [0, 0.05) is 24.2 Å². The maximum absolute atomic E-state index is 13.0. The van der Waals surface area contributed by atoms with Crippen LogP contribution in [-0.2, 0) is 10.0 Å². The second-order valence-corrected chi connectivity index (χ2v) is 8.80. The third-order valence-corrected chi connectivity index (χ3v) is 6.41. The lowest BCUT2D eigenvalue weighted by Gasteiger charge is -2.26. The van der Waals surface area contributed by atoms with Gasteiger partial charge in [0.1, 0.15) is 0 Å². The van der Waals surface area contributed by atoms with Gasteiger partial charge in [0.25, 0.3) is 10.0 Å². The Labute approximate surface area is 171 Å². The van der Waals surface area contributed by atoms with Crippen molar-refractivity contribution in [3.63, 3.8) is 0 Å². The van der Waals surface area contributed by atoms with E-state index in [1.165, 1.54) is 39.2 Å². The highest BCUT2D eigenvalue weighted by Crippen LogP contribution is 2.34. The Hall–Kier alpha value is -2.12. The Morgan fingerprint density at radius 2 is 1.61 bits per heavy atom. The van der Waals surface area contributed by atoms with Crippen molar-refractivity contribution in [3.8, 4) is 11.5 Å². The molecule has 1 heterocycles. The van der Waals surface area contributed by atoms with E-state index in [2.05, 4.69) is 9.62 Å². The smallest absolute Gasteiger partial charge is 0.262 e. The molecule has 0 bridgehead atoms. The van der Waals surface area contributed by atoms with Gasteiger partial charge < -0.3 is 14.4 Å². The van der Waals surface area contributed by atoms with Gasteiger partial charge in [-0.2, -0.15) is 0 Å². The van der Waals surface area contributed by atoms with Crippen LogP contribution < -0.4 is 19.1 Å². The van der Waals surface area contributed by atoms with E-state index in [1.807, 2.05) is 6.07 Å². The van der Waals surface area contributed by atoms with Crippen molar-refractivity contribution in [3.05, 3.63) is 41.4 Å². The van der Waals surface area contributed by atoms with Crippen LogP contribution in [0.3, 0.4) is 0 Å². The van der Waals surface area contributed by atoms with Crippen molar-refractivity contribution in [1.29, 1.82) is 0 Å². The molecule has 0 amide bonds. The summed E-state index contributed by atoms with van der Waals surface area (Å²) in [7, 11) is -0.857. The van der Waals surface area contributed by atoms with Crippen LogP contribution in [0, 0.1) is 0 Å². The molecule has 2 aromatic rings. The number of benzene rings is 2. The fourth-order valence-electron chi connectivity index (χ4n) is 3.36. The number of hydrogen-bond acceptors (Lipinski definition) is 5. The highest BCUT2D eigenvalue weighted by Gasteiger charge is 2.21. The average Bonchev–Trinajstić information content (AvgIpc) is 2.96. The van der Waals surface area contributed by atoms with Crippen molar-refractivity contribution in [2.45, 2.75) is 30.6 Å². The summed E-state index contributed by atoms with van der Waals surface area (Å²) < 4.78 is 39.1. The second kappa shape index (κ2) is 8.92. The number of nitrogens with one attached hydrogen (secondary N) is 1. The van der Waals surface area contributed by atoms with Crippen molar-refractivity contribution < 1.29 is 17.9 Å². The zero-order chi connectivity index (χ0) is 20.1. The predicted octanol–water partition coefficient (Wildman–Crippen LogP) is 4.54. The number of rotatable bonds is 6. The minimum Gasteiger partial charge on any atom is -0.493 e. The van der Waals surface area contributed by atoms with Crippen molar-refractivity contribution in [1.82, 2.24) is 0 Å². The quantitative estimate of drug-likeness (QED) is 0.737. The molecule has 0 radical (unpaired) electrons. The second-order valence-electron chi connectivity index (χ2n) is 6.69. The average molecular weight is 425 g/mol. The molecule has 1 saturated heterocycles. The van der Waals surface area contributed by atoms with Gasteiger partial charge in [-0.05, 0) is 43.2 Å². The molecular formula is C20H25ClN2O4S. The molecule has 1 N–H and O–H groups in total. The first kappa shape index (κ1) is 20.6. The van der Waals surface area contributed by atoms with Crippen molar-refractivity contribution in [2.24, 2.45) is 0 Å². The fourth-order valence-corrected chi connectivity index (χ4v) is 4.62. The SMILES string of the molecule is COc1ccc(S(=O)(=O)Nc2cc(Cl)ccc2N2CCCCCC2)cc1OC. The minimum absolute atomic E-state index is 0.0898. The Bertz CT molecular complexity index is 926. The summed E-state index contributed by atoms with van der Waals surface area (Å²) in [4.78, 5) is 2.31. The van der Waals surface area contributed by atoms with Gasteiger partial charge in [-0.3, -0.25) is 4.72 Å². The van der Waals surface area contributed by atoms with Gasteiger partial charge in [0.2, 0.25) is 0 Å². The first-order chi connectivity index (χ1) is 13.4. The monoisotopic (exact) mass is 424 g/mol. The van der Waals surface area contributed by atoms with Gasteiger partial charge in [-0.15, -0.1) is 0 Å². The number of nitrogens with zero attached hydrogens (tertiary/aromatic N) is 1. The molecule has 6 nitrogen and oxygen atoms in total. The third kappa shape index (κ3) is 4.64. The van der Waals surface area contributed by atoms with E-state index >= 15 is 0 Å². The van der Waals surface area contributed by atoms with Crippen LogP contribution in [0.25, 0.3) is 0 Å². The lowest BCUT2D eigenvalue weighted by molar-refractivity contribution is 0.354. The number of hydrogen-bond donors (Lipinski definition) is 1. The molecule has 3 rings (SSSR count).